The van der Waals surface area contributed by atoms with Gasteiger partial charge in [0.25, 0.3) is 10.0 Å². The van der Waals surface area contributed by atoms with Crippen molar-refractivity contribution >= 4 is 27.6 Å². The topological polar surface area (TPSA) is 77.0 Å². The number of thiophene rings is 1. The van der Waals surface area contributed by atoms with E-state index in [2.05, 4.69) is 28.1 Å². The monoisotopic (exact) mass is 430 g/mol. The van der Waals surface area contributed by atoms with Crippen LogP contribution in [0.2, 0.25) is 0 Å². The summed E-state index contributed by atoms with van der Waals surface area (Å²) in [6, 6.07) is 14.7. The van der Waals surface area contributed by atoms with Gasteiger partial charge in [0.05, 0.1) is 13.3 Å². The van der Waals surface area contributed by atoms with Gasteiger partial charge in [0.2, 0.25) is 0 Å². The van der Waals surface area contributed by atoms with E-state index in [1.54, 1.807) is 36.8 Å². The van der Waals surface area contributed by atoms with E-state index in [0.29, 0.717) is 23.7 Å². The Morgan fingerprint density at radius 1 is 1.10 bits per heavy atom. The summed E-state index contributed by atoms with van der Waals surface area (Å²) in [7, 11) is -2.09. The summed E-state index contributed by atoms with van der Waals surface area (Å²) < 4.78 is 35.7. The molecule has 1 heterocycles. The Labute approximate surface area is 174 Å². The maximum absolute atomic E-state index is 12.1. The normalized spacial score (nSPS) is 11.6. The van der Waals surface area contributed by atoms with Crippen LogP contribution in [0.5, 0.6) is 11.5 Å². The number of nitrogens with one attached hydrogen (secondary N) is 1. The minimum atomic E-state index is -3.64. The van der Waals surface area contributed by atoms with Gasteiger partial charge in [0.1, 0.15) is 10.8 Å². The van der Waals surface area contributed by atoms with Gasteiger partial charge < -0.3 is 9.47 Å². The third-order valence-corrected chi connectivity index (χ3v) is 6.84. The number of nitrogens with zero attached hydrogens (tertiary/aromatic N) is 1. The maximum atomic E-state index is 12.1. The molecule has 3 rings (SSSR count). The van der Waals surface area contributed by atoms with Gasteiger partial charge in [0, 0.05) is 0 Å². The zero-order chi connectivity index (χ0) is 20.9. The summed E-state index contributed by atoms with van der Waals surface area (Å²) in [6.45, 7) is 4.52. The third kappa shape index (κ3) is 5.36. The lowest BCUT2D eigenvalue weighted by molar-refractivity contribution is 0.284. The quantitative estimate of drug-likeness (QED) is 0.428. The molecular formula is C21H22N2O4S2. The molecular weight excluding hydrogens is 408 g/mol. The molecule has 29 heavy (non-hydrogen) atoms. The smallest absolute Gasteiger partial charge is 0.286 e. The molecule has 0 atom stereocenters. The molecule has 0 saturated heterocycles. The molecule has 3 aromatic rings. The Balaban J connectivity index is 1.69. The fourth-order valence-electron chi connectivity index (χ4n) is 2.63. The van der Waals surface area contributed by atoms with E-state index in [9.17, 15) is 8.42 Å². The molecule has 152 valence electrons. The van der Waals surface area contributed by atoms with Crippen LogP contribution in [-0.4, -0.2) is 21.7 Å². The summed E-state index contributed by atoms with van der Waals surface area (Å²) in [5, 5.41) is 5.53. The van der Waals surface area contributed by atoms with Crippen molar-refractivity contribution in [1.82, 2.24) is 4.83 Å². The van der Waals surface area contributed by atoms with Crippen molar-refractivity contribution in [2.24, 2.45) is 5.10 Å². The highest BCUT2D eigenvalue weighted by atomic mass is 32.2. The molecule has 0 amide bonds. The van der Waals surface area contributed by atoms with Crippen LogP contribution in [0.1, 0.15) is 22.3 Å². The molecule has 0 aliphatic heterocycles. The first-order valence-electron chi connectivity index (χ1n) is 8.84. The van der Waals surface area contributed by atoms with Crippen LogP contribution < -0.4 is 14.3 Å². The van der Waals surface area contributed by atoms with E-state index in [4.69, 9.17) is 9.47 Å². The summed E-state index contributed by atoms with van der Waals surface area (Å²) in [4.78, 5) is 2.20. The van der Waals surface area contributed by atoms with Crippen LogP contribution in [-0.2, 0) is 16.6 Å². The molecule has 0 unspecified atom stereocenters. The minimum Gasteiger partial charge on any atom is -0.493 e. The highest BCUT2D eigenvalue weighted by Crippen LogP contribution is 2.29. The van der Waals surface area contributed by atoms with Crippen molar-refractivity contribution in [2.45, 2.75) is 24.7 Å². The summed E-state index contributed by atoms with van der Waals surface area (Å²) in [6.07, 6.45) is 1.42. The molecule has 0 saturated carbocycles. The zero-order valence-electron chi connectivity index (χ0n) is 16.4. The van der Waals surface area contributed by atoms with Crippen molar-refractivity contribution < 1.29 is 17.9 Å². The Hall–Kier alpha value is -2.84. The van der Waals surface area contributed by atoms with Crippen LogP contribution >= 0.6 is 11.3 Å². The van der Waals surface area contributed by atoms with E-state index in [0.717, 1.165) is 22.5 Å². The largest absolute Gasteiger partial charge is 0.493 e. The van der Waals surface area contributed by atoms with Crippen molar-refractivity contribution in [3.63, 3.8) is 0 Å². The van der Waals surface area contributed by atoms with Crippen LogP contribution in [0.3, 0.4) is 0 Å². The summed E-state index contributed by atoms with van der Waals surface area (Å²) in [5.74, 6) is 1.14. The zero-order valence-corrected chi connectivity index (χ0v) is 18.0. The molecule has 2 aromatic carbocycles. The minimum absolute atomic E-state index is 0.211. The van der Waals surface area contributed by atoms with E-state index in [-0.39, 0.29) is 4.21 Å². The average molecular weight is 431 g/mol. The van der Waals surface area contributed by atoms with Gasteiger partial charge in [-0.05, 0) is 60.2 Å². The average Bonchev–Trinajstić information content (AvgIpc) is 3.25. The van der Waals surface area contributed by atoms with E-state index < -0.39 is 10.0 Å². The Morgan fingerprint density at radius 2 is 1.93 bits per heavy atom. The first-order valence-corrected chi connectivity index (χ1v) is 11.2. The molecule has 0 bridgehead atoms. The van der Waals surface area contributed by atoms with Gasteiger partial charge >= 0.3 is 0 Å². The van der Waals surface area contributed by atoms with Gasteiger partial charge in [-0.2, -0.15) is 18.4 Å². The molecule has 0 spiro atoms. The van der Waals surface area contributed by atoms with Crippen LogP contribution in [0, 0.1) is 13.8 Å². The van der Waals surface area contributed by atoms with E-state index >= 15 is 0 Å². The number of rotatable bonds is 8. The molecule has 1 N–H and O–H groups in total. The predicted octanol–water partition coefficient (Wildman–Crippen LogP) is 4.26. The molecule has 0 fully saturated rings. The second-order valence-corrected chi connectivity index (χ2v) is 9.25. The Morgan fingerprint density at radius 3 is 2.66 bits per heavy atom. The first-order chi connectivity index (χ1) is 13.9. The molecule has 1 aromatic heterocycles. The third-order valence-electron chi connectivity index (χ3n) is 4.22. The van der Waals surface area contributed by atoms with E-state index in [1.165, 1.54) is 17.8 Å². The highest BCUT2D eigenvalue weighted by molar-refractivity contribution is 7.91. The number of hydrazone groups is 1. The molecule has 0 radical (unpaired) electrons. The lowest BCUT2D eigenvalue weighted by Gasteiger charge is -2.13. The number of ether oxygens (including phenoxy) is 2. The number of aryl methyl sites for hydroxylation is 2. The second kappa shape index (κ2) is 9.11. The highest BCUT2D eigenvalue weighted by Gasteiger charge is 2.13. The first kappa shape index (κ1) is 20.9. The molecule has 8 heteroatoms. The predicted molar refractivity (Wildman–Crippen MR) is 115 cm³/mol. The standard InChI is InChI=1S/C21H22N2O4S2/c1-15-6-7-16(2)18(11-15)14-27-19-9-8-17(12-20(19)26-3)13-22-23-29(24,25)21-5-4-10-28-21/h4-13,23H,14H2,1-3H3/b22-13+. The van der Waals surface area contributed by atoms with Crippen LogP contribution in [0.4, 0.5) is 0 Å². The van der Waals surface area contributed by atoms with Gasteiger partial charge in [-0.15, -0.1) is 11.3 Å². The van der Waals surface area contributed by atoms with E-state index in [1.807, 2.05) is 13.8 Å². The fraction of sp³-hybridized carbons (Fsp3) is 0.190. The van der Waals surface area contributed by atoms with Gasteiger partial charge in [-0.3, -0.25) is 0 Å². The van der Waals surface area contributed by atoms with Crippen molar-refractivity contribution in [3.8, 4) is 11.5 Å². The summed E-state index contributed by atoms with van der Waals surface area (Å²) >= 11 is 1.13. The van der Waals surface area contributed by atoms with Crippen molar-refractivity contribution in [3.05, 3.63) is 76.2 Å². The number of hydrogen-bond acceptors (Lipinski definition) is 6. The SMILES string of the molecule is COc1cc(/C=N/NS(=O)(=O)c2cccs2)ccc1OCc1cc(C)ccc1C. The number of sulfonamides is 1. The fourth-order valence-corrected chi connectivity index (χ4v) is 4.40. The Bertz CT molecular complexity index is 1110. The van der Waals surface area contributed by atoms with Crippen molar-refractivity contribution in [2.75, 3.05) is 7.11 Å². The Kier molecular flexibility index (Phi) is 6.56. The van der Waals surface area contributed by atoms with Crippen LogP contribution in [0.15, 0.2) is 63.2 Å². The maximum Gasteiger partial charge on any atom is 0.286 e. The number of benzene rings is 2. The molecule has 6 nitrogen and oxygen atoms in total. The number of hydrogen-bond donors (Lipinski definition) is 1. The molecule has 0 aliphatic carbocycles. The van der Waals surface area contributed by atoms with Gasteiger partial charge in [0.15, 0.2) is 11.5 Å². The van der Waals surface area contributed by atoms with Gasteiger partial charge in [-0.1, -0.05) is 29.8 Å². The number of methoxy groups -OCH3 is 1. The lowest BCUT2D eigenvalue weighted by Crippen LogP contribution is -2.17. The van der Waals surface area contributed by atoms with Crippen LogP contribution in [0.25, 0.3) is 0 Å². The summed E-state index contributed by atoms with van der Waals surface area (Å²) in [5.41, 5.74) is 4.13. The van der Waals surface area contributed by atoms with Crippen molar-refractivity contribution in [1.29, 1.82) is 0 Å². The second-order valence-electron chi connectivity index (χ2n) is 6.41. The van der Waals surface area contributed by atoms with Gasteiger partial charge in [-0.25, -0.2) is 0 Å². The molecule has 0 aliphatic rings. The lowest BCUT2D eigenvalue weighted by atomic mass is 10.1.